The van der Waals surface area contributed by atoms with E-state index in [1.165, 1.54) is 154 Å². The molecule has 0 radical (unpaired) electrons. The minimum Gasteiger partial charge on any atom is -0.691 e. The molecule has 0 saturated heterocycles. The molecule has 0 amide bonds. The van der Waals surface area contributed by atoms with Crippen LogP contribution < -0.4 is 0 Å². The minimum atomic E-state index is -2.36. The maximum atomic E-state index is 5.43. The van der Waals surface area contributed by atoms with E-state index >= 15 is 0 Å². The first kappa shape index (κ1) is 111. The van der Waals surface area contributed by atoms with Gasteiger partial charge in [-0.25, -0.2) is 0 Å². The quantitative estimate of drug-likeness (QED) is 0.0249. The van der Waals surface area contributed by atoms with Crippen LogP contribution in [0.25, 0.3) is 0 Å². The van der Waals surface area contributed by atoms with Gasteiger partial charge in [-0.15, -0.1) is 0 Å². The van der Waals surface area contributed by atoms with Gasteiger partial charge in [0.1, 0.15) is 0 Å². The van der Waals surface area contributed by atoms with Crippen LogP contribution in [0.3, 0.4) is 0 Å². The van der Waals surface area contributed by atoms with Crippen molar-refractivity contribution in [1.82, 2.24) is 0 Å². The Labute approximate surface area is 640 Å². The van der Waals surface area contributed by atoms with Crippen LogP contribution in [0.1, 0.15) is 314 Å². The first-order valence-electron chi connectivity index (χ1n) is 34.3. The Kier molecular flexibility index (Phi) is 101. The number of rotatable bonds is 60. The number of unbranched alkanes of at least 4 members (excludes halogenated alkanes) is 24. The second-order valence-electron chi connectivity index (χ2n) is 21.2. The van der Waals surface area contributed by atoms with Crippen molar-refractivity contribution in [2.45, 2.75) is 314 Å². The molecule has 0 atom stereocenters. The zero-order valence-corrected chi connectivity index (χ0v) is 76.0. The Morgan fingerprint density at radius 3 is 0.286 bits per heavy atom. The van der Waals surface area contributed by atoms with Gasteiger partial charge >= 0.3 is 0 Å². The summed E-state index contributed by atoms with van der Waals surface area (Å²) in [5.74, 6) is 0. The largest absolute Gasteiger partial charge is 0.691 e. The Morgan fingerprint density at radius 1 is 0.165 bits per heavy atom. The fraction of sp³-hybridized carbons (Fsp3) is 1.00. The molecule has 0 aromatic carbocycles. The first-order valence-corrected chi connectivity index (χ1v) is 56.2. The van der Waals surface area contributed by atoms with E-state index in [1.807, 2.05) is 0 Å². The summed E-state index contributed by atoms with van der Waals surface area (Å²) in [7, 11) is 0. The summed E-state index contributed by atoms with van der Waals surface area (Å²) in [6, 6.07) is 0. The normalized spacial score (nSPS) is 11.8. The summed E-state index contributed by atoms with van der Waals surface area (Å²) in [6.45, 7) is 33.8. The molecule has 0 aliphatic carbocycles. The van der Waals surface area contributed by atoms with Crippen molar-refractivity contribution in [3.05, 3.63) is 0 Å². The fourth-order valence-corrected chi connectivity index (χ4v) is 16.6. The zero-order valence-electron chi connectivity index (χ0n) is 58.8. The topological polar surface area (TPSA) is 111 Å². The van der Waals surface area contributed by atoms with Gasteiger partial charge < -0.3 is 128 Å². The van der Waals surface area contributed by atoms with E-state index in [1.54, 1.807) is 0 Å². The molecule has 0 aliphatic rings. The number of hydrogen-bond acceptors (Lipinski definition) is 24. The monoisotopic (exact) mass is 1710 g/mol. The van der Waals surface area contributed by atoms with Gasteiger partial charge in [0, 0.05) is 21.1 Å². The molecule has 0 rings (SSSR count). The Hall–Kier alpha value is 6.21. The van der Waals surface area contributed by atoms with Crippen molar-refractivity contribution in [3.8, 4) is 0 Å². The smallest absolute Gasteiger partial charge is 0.0563 e. The van der Waals surface area contributed by atoms with Gasteiger partial charge in [-0.1, -0.05) is 308 Å². The predicted molar refractivity (Wildman–Crippen MR) is 436 cm³/mol. The molecule has 0 saturated carbocycles. The molecule has 0 unspecified atom stereocenters. The Morgan fingerprint density at radius 2 is 0.231 bits per heavy atom. The van der Waals surface area contributed by atoms with E-state index in [0.29, 0.717) is 79.3 Å². The average molecular weight is 1710 g/mol. The standard InChI is InChI=1S/6C10H23O2PS2.Mo/c6*1-3-5-7-9-11-13(14,15)12-10-8-6-4-2;/h6*3-10H2,1-2H3,(H,14,15);/p-6. The molecule has 0 N–H and O–H groups in total. The van der Waals surface area contributed by atoms with Crippen molar-refractivity contribution in [1.29, 1.82) is 0 Å². The molecule has 0 fully saturated rings. The molecule has 0 aliphatic heterocycles. The van der Waals surface area contributed by atoms with Crippen molar-refractivity contribution < 1.29 is 75.4 Å². The predicted octanol–water partition coefficient (Wildman–Crippen LogP) is 25.0. The van der Waals surface area contributed by atoms with Gasteiger partial charge in [-0.3, -0.25) is 0 Å². The molecule has 0 aromatic heterocycles. The first-order chi connectivity index (χ1) is 42.7. The third-order valence-corrected chi connectivity index (χ3v) is 25.5. The summed E-state index contributed by atoms with van der Waals surface area (Å²) in [6.07, 6.45) is 40.6. The molecular weight excluding hydrogens is 1580 g/mol. The summed E-state index contributed by atoms with van der Waals surface area (Å²) < 4.78 is 65.2. The number of hydrogen-bond donors (Lipinski definition) is 0. The van der Waals surface area contributed by atoms with E-state index in [0.717, 1.165) is 77.0 Å². The van der Waals surface area contributed by atoms with Crippen molar-refractivity contribution in [2.75, 3.05) is 79.3 Å². The molecule has 91 heavy (non-hydrogen) atoms. The maximum absolute atomic E-state index is 5.43. The van der Waals surface area contributed by atoms with E-state index in [2.05, 4.69) is 83.1 Å². The van der Waals surface area contributed by atoms with E-state index in [9.17, 15) is 0 Å². The third-order valence-electron chi connectivity index (χ3n) is 12.0. The van der Waals surface area contributed by atoms with Crippen LogP contribution in [0.2, 0.25) is 0 Å². The van der Waals surface area contributed by atoms with Gasteiger partial charge in [0.15, 0.2) is 0 Å². The van der Waals surface area contributed by atoms with Gasteiger partial charge in [-0.05, 0) is 77.0 Å². The fourth-order valence-electron chi connectivity index (χ4n) is 6.56. The average Bonchev–Trinajstić information content (AvgIpc) is 3.61. The molecule has 0 spiro atoms. The van der Waals surface area contributed by atoms with E-state index < -0.39 is 34.2 Å². The molecule has 0 aromatic rings. The molecule has 12 nitrogen and oxygen atoms in total. The molecule has 0 bridgehead atoms. The third kappa shape index (κ3) is 105. The SMILES string of the molecule is CCCCCOP(=S)([S-])OCCCCC.CCCCCOP(=S)([S-])OCCCCC.CCCCCOP(=S)([S-])OCCCCC.CCCCCOP(=S)([S-])OCCCCC.CCCCCOP(=S)([S-])OCCCCC.CCCCCOP(=S)([S-])OCCCCC.[Mo]. The van der Waals surface area contributed by atoms with Crippen LogP contribution in [0, 0.1) is 0 Å². The summed E-state index contributed by atoms with van der Waals surface area (Å²) >= 11 is 61.5. The summed E-state index contributed by atoms with van der Waals surface area (Å²) in [4.78, 5) is 0. The maximum Gasteiger partial charge on any atom is 0.0563 e. The van der Waals surface area contributed by atoms with Crippen LogP contribution in [-0.2, 0) is 220 Å². The van der Waals surface area contributed by atoms with Crippen molar-refractivity contribution in [2.24, 2.45) is 0 Å². The summed E-state index contributed by atoms with van der Waals surface area (Å²) in [5.41, 5.74) is -14.1. The Bertz CT molecular complexity index is 1350. The van der Waals surface area contributed by atoms with Gasteiger partial charge in [-0.2, -0.15) is 0 Å². The van der Waals surface area contributed by atoms with Gasteiger partial charge in [0.25, 0.3) is 0 Å². The second-order valence-corrected chi connectivity index (χ2v) is 51.1. The van der Waals surface area contributed by atoms with Crippen LogP contribution in [0.5, 0.6) is 0 Å². The van der Waals surface area contributed by atoms with Gasteiger partial charge in [0.05, 0.1) is 113 Å². The van der Waals surface area contributed by atoms with E-state index in [-0.39, 0.29) is 21.1 Å². The zero-order chi connectivity index (χ0) is 69.4. The minimum absolute atomic E-state index is 0. The van der Waals surface area contributed by atoms with Crippen LogP contribution in [0.15, 0.2) is 0 Å². The van der Waals surface area contributed by atoms with Crippen LogP contribution in [-0.4, -0.2) is 79.3 Å². The Balaban J connectivity index is -0.000000186. The second kappa shape index (κ2) is 83.5. The van der Waals surface area contributed by atoms with Gasteiger partial charge in [0.2, 0.25) is 0 Å². The van der Waals surface area contributed by atoms with Crippen LogP contribution in [0.4, 0.5) is 0 Å². The van der Waals surface area contributed by atoms with Crippen molar-refractivity contribution in [3.63, 3.8) is 0 Å². The van der Waals surface area contributed by atoms with Crippen molar-refractivity contribution >= 4 is 178 Å². The molecule has 558 valence electrons. The van der Waals surface area contributed by atoms with Crippen LogP contribution >= 0.6 is 34.2 Å². The summed E-state index contributed by atoms with van der Waals surface area (Å²) in [5, 5.41) is 0. The van der Waals surface area contributed by atoms with E-state index in [4.69, 9.17) is 199 Å². The molecule has 0 heterocycles. The molecular formula is C60H132MoO12P6S12-6. The molecule has 31 heteroatoms.